The Morgan fingerprint density at radius 1 is 1.58 bits per heavy atom. The molecule has 1 heterocycles. The van der Waals surface area contributed by atoms with Crippen LogP contribution >= 0.6 is 0 Å². The van der Waals surface area contributed by atoms with Crippen molar-refractivity contribution in [3.63, 3.8) is 0 Å². The van der Waals surface area contributed by atoms with Crippen LogP contribution in [0.4, 0.5) is 0 Å². The van der Waals surface area contributed by atoms with Gasteiger partial charge in [0, 0.05) is 13.1 Å². The molecule has 1 aliphatic heterocycles. The molecule has 1 rings (SSSR count). The van der Waals surface area contributed by atoms with Gasteiger partial charge in [-0.15, -0.1) is 0 Å². The molecule has 0 aromatic rings. The van der Waals surface area contributed by atoms with E-state index in [0.29, 0.717) is 0 Å². The minimum atomic E-state index is 0.227. The Hall–Kier alpha value is -0.730. The fourth-order valence-corrected chi connectivity index (χ4v) is 1.71. The summed E-state index contributed by atoms with van der Waals surface area (Å²) < 4.78 is 0. The third kappa shape index (κ3) is 2.40. The number of nitrogens with two attached hydrogens (primary N) is 1. The Labute approximate surface area is 74.4 Å². The molecule has 1 radical (unpaired) electrons. The maximum absolute atomic E-state index is 7.25. The average Bonchev–Trinajstić information content (AvgIpc) is 2.06. The molecule has 1 fully saturated rings. The van der Waals surface area contributed by atoms with Crippen molar-refractivity contribution in [2.24, 2.45) is 11.7 Å². The van der Waals surface area contributed by atoms with E-state index in [4.69, 9.17) is 11.1 Å². The molecule has 0 aliphatic carbocycles. The molecule has 0 amide bonds. The molecular formula is C9H18N3. The van der Waals surface area contributed by atoms with E-state index in [1.165, 1.54) is 0 Å². The van der Waals surface area contributed by atoms with E-state index in [1.54, 1.807) is 0 Å². The van der Waals surface area contributed by atoms with Crippen molar-refractivity contribution < 1.29 is 0 Å². The van der Waals surface area contributed by atoms with Crippen LogP contribution in [0.5, 0.6) is 0 Å². The number of guanidine groups is 1. The summed E-state index contributed by atoms with van der Waals surface area (Å²) >= 11 is 0. The van der Waals surface area contributed by atoms with Gasteiger partial charge in [0.2, 0.25) is 0 Å². The number of nitrogens with zero attached hydrogens (tertiary/aromatic N) is 1. The molecule has 3 nitrogen and oxygen atoms in total. The number of likely N-dealkylation sites (tertiary alicyclic amines) is 1. The fraction of sp³-hybridized carbons (Fsp3) is 0.778. The minimum Gasteiger partial charge on any atom is -0.370 e. The van der Waals surface area contributed by atoms with Gasteiger partial charge in [0.05, 0.1) is 0 Å². The summed E-state index contributed by atoms with van der Waals surface area (Å²) in [5.74, 6) is 0.982. The quantitative estimate of drug-likeness (QED) is 0.481. The highest BCUT2D eigenvalue weighted by Gasteiger charge is 2.18. The molecule has 0 unspecified atom stereocenters. The average molecular weight is 168 g/mol. The second-order valence-corrected chi connectivity index (χ2v) is 3.35. The molecule has 3 N–H and O–H groups in total. The second kappa shape index (κ2) is 4.33. The van der Waals surface area contributed by atoms with E-state index in [0.717, 1.165) is 38.3 Å². The van der Waals surface area contributed by atoms with Crippen LogP contribution in [0.15, 0.2) is 0 Å². The highest BCUT2D eigenvalue weighted by molar-refractivity contribution is 5.74. The van der Waals surface area contributed by atoms with E-state index in [-0.39, 0.29) is 5.96 Å². The van der Waals surface area contributed by atoms with Gasteiger partial charge in [0.1, 0.15) is 0 Å². The molecule has 1 aliphatic rings. The lowest BCUT2D eigenvalue weighted by Crippen LogP contribution is -2.42. The topological polar surface area (TPSA) is 53.1 Å². The van der Waals surface area contributed by atoms with Crippen molar-refractivity contribution in [2.75, 3.05) is 13.1 Å². The number of rotatable bonds is 2. The smallest absolute Gasteiger partial charge is 0.188 e. The number of piperidine rings is 1. The second-order valence-electron chi connectivity index (χ2n) is 3.35. The van der Waals surface area contributed by atoms with E-state index in [1.807, 2.05) is 4.90 Å². The van der Waals surface area contributed by atoms with Gasteiger partial charge in [-0.2, -0.15) is 0 Å². The van der Waals surface area contributed by atoms with Crippen LogP contribution in [0, 0.1) is 17.7 Å². The van der Waals surface area contributed by atoms with Crippen LogP contribution in [0.25, 0.3) is 0 Å². The maximum atomic E-state index is 7.25. The van der Waals surface area contributed by atoms with Crippen molar-refractivity contribution in [3.05, 3.63) is 6.42 Å². The Morgan fingerprint density at radius 2 is 2.17 bits per heavy atom. The lowest BCUT2D eigenvalue weighted by atomic mass is 9.93. The van der Waals surface area contributed by atoms with Gasteiger partial charge in [0.15, 0.2) is 5.96 Å². The van der Waals surface area contributed by atoms with E-state index < -0.39 is 0 Å². The molecule has 0 spiro atoms. The lowest BCUT2D eigenvalue weighted by Gasteiger charge is -2.31. The lowest BCUT2D eigenvalue weighted by molar-refractivity contribution is 0.282. The molecule has 3 heteroatoms. The molecule has 12 heavy (non-hydrogen) atoms. The summed E-state index contributed by atoms with van der Waals surface area (Å²) in [6.45, 7) is 4.09. The van der Waals surface area contributed by atoms with Crippen LogP contribution in [0.1, 0.15) is 26.2 Å². The van der Waals surface area contributed by atoms with Crippen LogP contribution in [0.3, 0.4) is 0 Å². The first-order valence-corrected chi connectivity index (χ1v) is 4.66. The molecule has 69 valence electrons. The first kappa shape index (κ1) is 9.36. The van der Waals surface area contributed by atoms with Crippen molar-refractivity contribution in [2.45, 2.75) is 26.2 Å². The largest absolute Gasteiger partial charge is 0.370 e. The first-order valence-electron chi connectivity index (χ1n) is 4.66. The molecule has 0 atom stereocenters. The molecule has 1 saturated heterocycles. The van der Waals surface area contributed by atoms with Gasteiger partial charge in [-0.1, -0.05) is 13.3 Å². The molecule has 0 aromatic heterocycles. The van der Waals surface area contributed by atoms with E-state index in [9.17, 15) is 0 Å². The summed E-state index contributed by atoms with van der Waals surface area (Å²) in [6, 6.07) is 0. The molecular weight excluding hydrogens is 150 g/mol. The highest BCUT2D eigenvalue weighted by Crippen LogP contribution is 2.20. The molecule has 0 aromatic carbocycles. The summed E-state index contributed by atoms with van der Waals surface area (Å²) in [5, 5.41) is 7.25. The van der Waals surface area contributed by atoms with Crippen LogP contribution in [0.2, 0.25) is 0 Å². The Kier molecular flexibility index (Phi) is 3.38. The Bertz CT molecular complexity index is 148. The predicted octanol–water partition coefficient (Wildman–Crippen LogP) is 1.21. The summed E-state index contributed by atoms with van der Waals surface area (Å²) in [7, 11) is 0. The minimum absolute atomic E-state index is 0.227. The standard InChI is InChI=1S/C9H18N3/c1-2-3-8-4-6-12(7-5-8)9(10)11/h3,8H,2,4-7H2,1H3,(H3,10,11). The highest BCUT2D eigenvalue weighted by atomic mass is 15.2. The monoisotopic (exact) mass is 168 g/mol. The SMILES string of the molecule is CC[CH]C1CCN(C(=N)N)CC1. The van der Waals surface area contributed by atoms with Crippen LogP contribution in [-0.4, -0.2) is 23.9 Å². The summed E-state index contributed by atoms with van der Waals surface area (Å²) in [6.07, 6.45) is 5.85. The fourth-order valence-electron chi connectivity index (χ4n) is 1.71. The van der Waals surface area contributed by atoms with Gasteiger partial charge >= 0.3 is 0 Å². The normalized spacial score (nSPS) is 19.6. The van der Waals surface area contributed by atoms with Gasteiger partial charge in [-0.05, 0) is 25.2 Å². The van der Waals surface area contributed by atoms with Gasteiger partial charge in [-0.3, -0.25) is 5.41 Å². The molecule has 0 saturated carbocycles. The zero-order valence-electron chi connectivity index (χ0n) is 7.71. The number of nitrogens with one attached hydrogen (secondary N) is 1. The van der Waals surface area contributed by atoms with Crippen LogP contribution in [-0.2, 0) is 0 Å². The van der Waals surface area contributed by atoms with Gasteiger partial charge < -0.3 is 10.6 Å². The van der Waals surface area contributed by atoms with Gasteiger partial charge in [0.25, 0.3) is 0 Å². The zero-order valence-corrected chi connectivity index (χ0v) is 7.71. The van der Waals surface area contributed by atoms with Crippen LogP contribution < -0.4 is 5.73 Å². The summed E-state index contributed by atoms with van der Waals surface area (Å²) in [5.41, 5.74) is 5.39. The first-order chi connectivity index (χ1) is 5.74. The van der Waals surface area contributed by atoms with Crippen molar-refractivity contribution in [3.8, 4) is 0 Å². The van der Waals surface area contributed by atoms with Crippen molar-refractivity contribution >= 4 is 5.96 Å². The summed E-state index contributed by atoms with van der Waals surface area (Å²) in [4.78, 5) is 1.94. The van der Waals surface area contributed by atoms with Crippen molar-refractivity contribution in [1.82, 2.24) is 4.90 Å². The maximum Gasteiger partial charge on any atom is 0.188 e. The van der Waals surface area contributed by atoms with E-state index >= 15 is 0 Å². The van der Waals surface area contributed by atoms with Crippen molar-refractivity contribution in [1.29, 1.82) is 5.41 Å². The van der Waals surface area contributed by atoms with Gasteiger partial charge in [-0.25, -0.2) is 0 Å². The Morgan fingerprint density at radius 3 is 2.58 bits per heavy atom. The molecule has 0 bridgehead atoms. The third-order valence-electron chi connectivity index (χ3n) is 2.45. The Balaban J connectivity index is 2.25. The predicted molar refractivity (Wildman–Crippen MR) is 50.8 cm³/mol. The zero-order chi connectivity index (χ0) is 8.97. The number of hydrogen-bond donors (Lipinski definition) is 2. The number of hydrogen-bond acceptors (Lipinski definition) is 1. The van der Waals surface area contributed by atoms with E-state index in [2.05, 4.69) is 13.3 Å². The third-order valence-corrected chi connectivity index (χ3v) is 2.45.